The van der Waals surface area contributed by atoms with Crippen LogP contribution in [-0.4, -0.2) is 5.97 Å². The van der Waals surface area contributed by atoms with Crippen molar-refractivity contribution in [3.8, 4) is 5.75 Å². The average Bonchev–Trinajstić information content (AvgIpc) is 2.76. The van der Waals surface area contributed by atoms with Gasteiger partial charge in [0.15, 0.2) is 0 Å². The fourth-order valence-corrected chi connectivity index (χ4v) is 6.91. The summed E-state index contributed by atoms with van der Waals surface area (Å²) in [4.78, 5) is 13.0. The van der Waals surface area contributed by atoms with Crippen LogP contribution < -0.4 is 4.74 Å². The van der Waals surface area contributed by atoms with E-state index in [1.165, 1.54) is 70.3 Å². The molecule has 0 heterocycles. The van der Waals surface area contributed by atoms with Crippen LogP contribution in [0.2, 0.25) is 0 Å². The van der Waals surface area contributed by atoms with Crippen LogP contribution in [0, 0.1) is 48.2 Å². The van der Waals surface area contributed by atoms with E-state index in [9.17, 15) is 9.18 Å². The first-order chi connectivity index (χ1) is 14.5. The molecule has 3 aliphatic rings. The fourth-order valence-electron chi connectivity index (χ4n) is 6.91. The zero-order valence-electron chi connectivity index (χ0n) is 18.9. The molecule has 1 aromatic carbocycles. The van der Waals surface area contributed by atoms with Crippen LogP contribution >= 0.6 is 0 Å². The third-order valence-corrected chi connectivity index (χ3v) is 8.61. The number of hydrogen-bond donors (Lipinski definition) is 0. The quantitative estimate of drug-likeness (QED) is 0.369. The molecule has 3 heteroatoms. The summed E-state index contributed by atoms with van der Waals surface area (Å²) in [6.45, 7) is 4.04. The number of esters is 1. The Morgan fingerprint density at radius 3 is 2.50 bits per heavy atom. The Kier molecular flexibility index (Phi) is 7.16. The van der Waals surface area contributed by atoms with Crippen molar-refractivity contribution in [3.05, 3.63) is 29.6 Å². The van der Waals surface area contributed by atoms with Crippen molar-refractivity contribution in [2.24, 2.45) is 35.5 Å². The second-order valence-electron chi connectivity index (χ2n) is 10.4. The number of hydrogen-bond acceptors (Lipinski definition) is 2. The molecule has 0 N–H and O–H groups in total. The number of aryl methyl sites for hydroxylation is 1. The molecule has 30 heavy (non-hydrogen) atoms. The molecule has 3 aliphatic carbocycles. The maximum atomic E-state index is 13.8. The molecule has 0 amide bonds. The van der Waals surface area contributed by atoms with E-state index in [-0.39, 0.29) is 17.7 Å². The molecule has 0 bridgehead atoms. The Bertz CT molecular complexity index is 722. The first-order valence-electron chi connectivity index (χ1n) is 12.5. The SMILES string of the molecule is CCCC1CCC(C2CCC3C(CCCC3C(=O)Oc3ccc(C)c(F)c3)C2)CC1. The normalized spacial score (nSPS) is 34.2. The highest BCUT2D eigenvalue weighted by Crippen LogP contribution is 2.50. The first kappa shape index (κ1) is 21.8. The maximum Gasteiger partial charge on any atom is 0.314 e. The van der Waals surface area contributed by atoms with E-state index < -0.39 is 0 Å². The van der Waals surface area contributed by atoms with E-state index in [1.807, 2.05) is 0 Å². The molecule has 0 saturated heterocycles. The second-order valence-corrected chi connectivity index (χ2v) is 10.4. The van der Waals surface area contributed by atoms with Gasteiger partial charge < -0.3 is 4.74 Å². The van der Waals surface area contributed by atoms with Gasteiger partial charge >= 0.3 is 5.97 Å². The van der Waals surface area contributed by atoms with Gasteiger partial charge in [-0.3, -0.25) is 4.79 Å². The highest BCUT2D eigenvalue weighted by atomic mass is 19.1. The van der Waals surface area contributed by atoms with Crippen molar-refractivity contribution in [3.63, 3.8) is 0 Å². The largest absolute Gasteiger partial charge is 0.426 e. The van der Waals surface area contributed by atoms with Crippen LogP contribution in [0.25, 0.3) is 0 Å². The minimum atomic E-state index is -0.309. The molecule has 4 atom stereocenters. The lowest BCUT2D eigenvalue weighted by atomic mass is 9.59. The van der Waals surface area contributed by atoms with Gasteiger partial charge in [-0.2, -0.15) is 0 Å². The molecule has 0 spiro atoms. The van der Waals surface area contributed by atoms with Gasteiger partial charge in [0, 0.05) is 6.07 Å². The predicted octanol–water partition coefficient (Wildman–Crippen LogP) is 7.48. The standard InChI is InChI=1S/C27H39FO2/c1-3-5-19-9-11-20(12-10-19)21-13-15-24-22(16-21)6-4-7-25(24)27(29)30-23-14-8-18(2)26(28)17-23/h8,14,17,19-22,24-25H,3-7,9-13,15-16H2,1-2H3. The molecular weight excluding hydrogens is 375 g/mol. The molecule has 0 radical (unpaired) electrons. The van der Waals surface area contributed by atoms with Crippen molar-refractivity contribution in [2.75, 3.05) is 0 Å². The van der Waals surface area contributed by atoms with Crippen molar-refractivity contribution in [2.45, 2.75) is 90.9 Å². The van der Waals surface area contributed by atoms with Crippen LogP contribution in [0.15, 0.2) is 18.2 Å². The average molecular weight is 415 g/mol. The zero-order chi connectivity index (χ0) is 21.1. The lowest BCUT2D eigenvalue weighted by Crippen LogP contribution is -2.40. The van der Waals surface area contributed by atoms with Crippen molar-refractivity contribution in [1.82, 2.24) is 0 Å². The number of fused-ring (bicyclic) bond motifs is 1. The smallest absolute Gasteiger partial charge is 0.314 e. The van der Waals surface area contributed by atoms with Gasteiger partial charge in [0.2, 0.25) is 0 Å². The topological polar surface area (TPSA) is 26.3 Å². The molecule has 1 aromatic rings. The van der Waals surface area contributed by atoms with Crippen molar-refractivity contribution in [1.29, 1.82) is 0 Å². The number of ether oxygens (including phenoxy) is 1. The van der Waals surface area contributed by atoms with Crippen LogP contribution in [0.4, 0.5) is 4.39 Å². The number of carbonyl (C=O) groups excluding carboxylic acids is 1. The molecule has 3 fully saturated rings. The van der Waals surface area contributed by atoms with E-state index in [0.717, 1.165) is 30.6 Å². The summed E-state index contributed by atoms with van der Waals surface area (Å²) in [6, 6.07) is 4.74. The van der Waals surface area contributed by atoms with Gasteiger partial charge in [-0.05, 0) is 86.7 Å². The lowest BCUT2D eigenvalue weighted by Gasteiger charge is -2.46. The maximum absolute atomic E-state index is 13.8. The van der Waals surface area contributed by atoms with E-state index >= 15 is 0 Å². The Labute approximate surface area is 182 Å². The third kappa shape index (κ3) is 4.92. The Balaban J connectivity index is 1.33. The van der Waals surface area contributed by atoms with Gasteiger partial charge in [-0.15, -0.1) is 0 Å². The Morgan fingerprint density at radius 1 is 1.00 bits per heavy atom. The molecule has 166 valence electrons. The summed E-state index contributed by atoms with van der Waals surface area (Å²) in [6.07, 6.45) is 15.6. The molecular formula is C27H39FO2. The minimum absolute atomic E-state index is 0.00523. The minimum Gasteiger partial charge on any atom is -0.426 e. The highest BCUT2D eigenvalue weighted by Gasteiger charge is 2.43. The summed E-state index contributed by atoms with van der Waals surface area (Å²) in [7, 11) is 0. The van der Waals surface area contributed by atoms with Gasteiger partial charge in [0.1, 0.15) is 11.6 Å². The molecule has 4 rings (SSSR count). The monoisotopic (exact) mass is 414 g/mol. The van der Waals surface area contributed by atoms with Crippen LogP contribution in [-0.2, 0) is 4.79 Å². The number of carbonyl (C=O) groups is 1. The van der Waals surface area contributed by atoms with E-state index in [2.05, 4.69) is 6.92 Å². The molecule has 0 aliphatic heterocycles. The lowest BCUT2D eigenvalue weighted by molar-refractivity contribution is -0.144. The third-order valence-electron chi connectivity index (χ3n) is 8.61. The van der Waals surface area contributed by atoms with Gasteiger partial charge in [-0.25, -0.2) is 4.39 Å². The molecule has 4 unspecified atom stereocenters. The fraction of sp³-hybridized carbons (Fsp3) is 0.741. The summed E-state index contributed by atoms with van der Waals surface area (Å²) in [5.41, 5.74) is 0.578. The van der Waals surface area contributed by atoms with Gasteiger partial charge in [0.25, 0.3) is 0 Å². The van der Waals surface area contributed by atoms with Crippen LogP contribution in [0.1, 0.15) is 89.5 Å². The Morgan fingerprint density at radius 2 is 1.77 bits per heavy atom. The van der Waals surface area contributed by atoms with E-state index in [4.69, 9.17) is 4.74 Å². The second kappa shape index (κ2) is 9.83. The number of rotatable bonds is 5. The van der Waals surface area contributed by atoms with Crippen molar-refractivity contribution < 1.29 is 13.9 Å². The first-order valence-corrected chi connectivity index (χ1v) is 12.5. The highest BCUT2D eigenvalue weighted by molar-refractivity contribution is 5.75. The predicted molar refractivity (Wildman–Crippen MR) is 119 cm³/mol. The summed E-state index contributed by atoms with van der Waals surface area (Å²) >= 11 is 0. The Hall–Kier alpha value is -1.38. The zero-order valence-corrected chi connectivity index (χ0v) is 18.9. The van der Waals surface area contributed by atoms with Crippen LogP contribution in [0.5, 0.6) is 5.75 Å². The van der Waals surface area contributed by atoms with E-state index in [0.29, 0.717) is 23.1 Å². The van der Waals surface area contributed by atoms with Crippen molar-refractivity contribution >= 4 is 5.97 Å². The van der Waals surface area contributed by atoms with Gasteiger partial charge in [0.05, 0.1) is 5.92 Å². The molecule has 0 aromatic heterocycles. The van der Waals surface area contributed by atoms with Gasteiger partial charge in [-0.1, -0.05) is 51.5 Å². The summed E-state index contributed by atoms with van der Waals surface area (Å²) in [5.74, 6) is 3.81. The summed E-state index contributed by atoms with van der Waals surface area (Å²) in [5, 5.41) is 0. The number of benzene rings is 1. The summed E-state index contributed by atoms with van der Waals surface area (Å²) < 4.78 is 19.5. The van der Waals surface area contributed by atoms with E-state index in [1.54, 1.807) is 19.1 Å². The number of halogens is 1. The molecule has 2 nitrogen and oxygen atoms in total. The molecule has 3 saturated carbocycles. The van der Waals surface area contributed by atoms with Crippen LogP contribution in [0.3, 0.4) is 0 Å².